The van der Waals surface area contributed by atoms with Crippen LogP contribution in [-0.4, -0.2) is 37.0 Å². The summed E-state index contributed by atoms with van der Waals surface area (Å²) in [5.74, 6) is 0.355. The Kier molecular flexibility index (Phi) is 8.92. The standard InChI is InChI=1S/C17H34N2O/c1-4-5-6-7-8-9-10-17(20)19(3)16-13-11-15(18-2)12-14-16/h15-16,18H,4-14H2,1-3H3. The average Bonchev–Trinajstić information content (AvgIpc) is 2.50. The maximum Gasteiger partial charge on any atom is 0.222 e. The molecule has 0 spiro atoms. The maximum atomic E-state index is 12.2. The van der Waals surface area contributed by atoms with Gasteiger partial charge in [-0.15, -0.1) is 0 Å². The van der Waals surface area contributed by atoms with E-state index in [2.05, 4.69) is 12.2 Å². The topological polar surface area (TPSA) is 32.3 Å². The van der Waals surface area contributed by atoms with E-state index in [0.29, 0.717) is 18.0 Å². The van der Waals surface area contributed by atoms with E-state index in [-0.39, 0.29) is 0 Å². The number of carbonyl (C=O) groups is 1. The SMILES string of the molecule is CCCCCCCCC(=O)N(C)C1CCC(NC)CC1. The highest BCUT2D eigenvalue weighted by molar-refractivity contribution is 5.76. The second-order valence-corrected chi connectivity index (χ2v) is 6.32. The molecule has 1 aliphatic rings. The van der Waals surface area contributed by atoms with Crippen molar-refractivity contribution >= 4 is 5.91 Å². The van der Waals surface area contributed by atoms with Crippen molar-refractivity contribution in [3.63, 3.8) is 0 Å². The summed E-state index contributed by atoms with van der Waals surface area (Å²) in [4.78, 5) is 14.2. The van der Waals surface area contributed by atoms with Crippen LogP contribution in [0.3, 0.4) is 0 Å². The third-order valence-electron chi connectivity index (χ3n) is 4.79. The Labute approximate surface area is 125 Å². The van der Waals surface area contributed by atoms with Gasteiger partial charge in [-0.05, 0) is 39.2 Å². The first-order valence-corrected chi connectivity index (χ1v) is 8.62. The highest BCUT2D eigenvalue weighted by Gasteiger charge is 2.25. The lowest BCUT2D eigenvalue weighted by molar-refractivity contribution is -0.132. The van der Waals surface area contributed by atoms with Crippen molar-refractivity contribution in [2.45, 2.75) is 89.6 Å². The smallest absolute Gasteiger partial charge is 0.222 e. The normalized spacial score (nSPS) is 22.8. The van der Waals surface area contributed by atoms with E-state index >= 15 is 0 Å². The molecule has 0 aliphatic heterocycles. The second-order valence-electron chi connectivity index (χ2n) is 6.32. The van der Waals surface area contributed by atoms with Gasteiger partial charge in [0.25, 0.3) is 0 Å². The van der Waals surface area contributed by atoms with Crippen molar-refractivity contribution in [3.05, 3.63) is 0 Å². The lowest BCUT2D eigenvalue weighted by Crippen LogP contribution is -2.42. The summed E-state index contributed by atoms with van der Waals surface area (Å²) in [5.41, 5.74) is 0. The molecule has 0 aromatic carbocycles. The summed E-state index contributed by atoms with van der Waals surface area (Å²) in [6.07, 6.45) is 13.0. The number of carbonyl (C=O) groups excluding carboxylic acids is 1. The molecule has 20 heavy (non-hydrogen) atoms. The van der Waals surface area contributed by atoms with Gasteiger partial charge in [0, 0.05) is 25.6 Å². The summed E-state index contributed by atoms with van der Waals surface area (Å²) in [6, 6.07) is 1.14. The average molecular weight is 282 g/mol. The number of hydrogen-bond acceptors (Lipinski definition) is 2. The van der Waals surface area contributed by atoms with E-state index in [1.807, 2.05) is 19.0 Å². The number of hydrogen-bond donors (Lipinski definition) is 1. The van der Waals surface area contributed by atoms with Crippen molar-refractivity contribution in [3.8, 4) is 0 Å². The predicted octanol–water partition coefficient (Wildman–Crippen LogP) is 3.73. The second kappa shape index (κ2) is 10.2. The molecule has 1 fully saturated rings. The van der Waals surface area contributed by atoms with Gasteiger partial charge in [0.1, 0.15) is 0 Å². The number of nitrogens with one attached hydrogen (secondary N) is 1. The van der Waals surface area contributed by atoms with E-state index < -0.39 is 0 Å². The van der Waals surface area contributed by atoms with Gasteiger partial charge in [-0.3, -0.25) is 4.79 Å². The van der Waals surface area contributed by atoms with Gasteiger partial charge < -0.3 is 10.2 Å². The molecule has 0 saturated heterocycles. The molecule has 1 saturated carbocycles. The van der Waals surface area contributed by atoms with E-state index in [0.717, 1.165) is 25.7 Å². The van der Waals surface area contributed by atoms with Gasteiger partial charge in [0.2, 0.25) is 5.91 Å². The van der Waals surface area contributed by atoms with E-state index in [1.165, 1.54) is 44.9 Å². The Morgan fingerprint density at radius 1 is 1.05 bits per heavy atom. The van der Waals surface area contributed by atoms with Crippen LogP contribution in [0.1, 0.15) is 77.6 Å². The minimum absolute atomic E-state index is 0.355. The summed E-state index contributed by atoms with van der Waals surface area (Å²) in [6.45, 7) is 2.24. The monoisotopic (exact) mass is 282 g/mol. The van der Waals surface area contributed by atoms with Crippen molar-refractivity contribution < 1.29 is 4.79 Å². The Hall–Kier alpha value is -0.570. The number of nitrogens with zero attached hydrogens (tertiary/aromatic N) is 1. The summed E-state index contributed by atoms with van der Waals surface area (Å²) in [7, 11) is 4.04. The predicted molar refractivity (Wildman–Crippen MR) is 85.9 cm³/mol. The third kappa shape index (κ3) is 6.25. The molecule has 1 amide bonds. The zero-order chi connectivity index (χ0) is 14.8. The van der Waals surface area contributed by atoms with E-state index in [1.54, 1.807) is 0 Å². The van der Waals surface area contributed by atoms with Crippen molar-refractivity contribution in [2.75, 3.05) is 14.1 Å². The molecular weight excluding hydrogens is 248 g/mol. The zero-order valence-electron chi connectivity index (χ0n) is 13.8. The summed E-state index contributed by atoms with van der Waals surface area (Å²) in [5, 5.41) is 3.35. The van der Waals surface area contributed by atoms with Gasteiger partial charge >= 0.3 is 0 Å². The molecule has 0 atom stereocenters. The number of unbranched alkanes of at least 4 members (excludes halogenated alkanes) is 5. The molecule has 118 valence electrons. The van der Waals surface area contributed by atoms with Crippen LogP contribution in [-0.2, 0) is 4.79 Å². The minimum Gasteiger partial charge on any atom is -0.343 e. The largest absolute Gasteiger partial charge is 0.343 e. The Bertz CT molecular complexity index is 260. The molecule has 0 bridgehead atoms. The van der Waals surface area contributed by atoms with Gasteiger partial charge in [-0.1, -0.05) is 39.0 Å². The molecule has 0 aromatic rings. The molecule has 3 nitrogen and oxygen atoms in total. The van der Waals surface area contributed by atoms with Crippen molar-refractivity contribution in [1.29, 1.82) is 0 Å². The van der Waals surface area contributed by atoms with Crippen LogP contribution < -0.4 is 5.32 Å². The summed E-state index contributed by atoms with van der Waals surface area (Å²) >= 11 is 0. The first-order valence-electron chi connectivity index (χ1n) is 8.62. The first-order chi connectivity index (χ1) is 9.69. The maximum absolute atomic E-state index is 12.2. The van der Waals surface area contributed by atoms with Gasteiger partial charge in [-0.25, -0.2) is 0 Å². The molecule has 0 radical (unpaired) electrons. The third-order valence-corrected chi connectivity index (χ3v) is 4.79. The highest BCUT2D eigenvalue weighted by atomic mass is 16.2. The van der Waals surface area contributed by atoms with Crippen LogP contribution in [0.25, 0.3) is 0 Å². The lowest BCUT2D eigenvalue weighted by Gasteiger charge is -2.34. The van der Waals surface area contributed by atoms with Crippen LogP contribution >= 0.6 is 0 Å². The minimum atomic E-state index is 0.355. The van der Waals surface area contributed by atoms with Gasteiger partial charge in [0.15, 0.2) is 0 Å². The Balaban J connectivity index is 2.13. The fraction of sp³-hybridized carbons (Fsp3) is 0.941. The fourth-order valence-corrected chi connectivity index (χ4v) is 3.19. The molecular formula is C17H34N2O. The highest BCUT2D eigenvalue weighted by Crippen LogP contribution is 2.23. The number of rotatable bonds is 9. The molecule has 1 N–H and O–H groups in total. The molecule has 1 aliphatic carbocycles. The van der Waals surface area contributed by atoms with Crippen LogP contribution in [0.15, 0.2) is 0 Å². The van der Waals surface area contributed by atoms with E-state index in [4.69, 9.17) is 0 Å². The van der Waals surface area contributed by atoms with Crippen molar-refractivity contribution in [2.24, 2.45) is 0 Å². The van der Waals surface area contributed by atoms with Crippen LogP contribution in [0, 0.1) is 0 Å². The molecule has 0 aromatic heterocycles. The van der Waals surface area contributed by atoms with Crippen LogP contribution in [0.2, 0.25) is 0 Å². The first kappa shape index (κ1) is 17.5. The van der Waals surface area contributed by atoms with Crippen molar-refractivity contribution in [1.82, 2.24) is 10.2 Å². The fourth-order valence-electron chi connectivity index (χ4n) is 3.19. The molecule has 1 rings (SSSR count). The van der Waals surface area contributed by atoms with Crippen LogP contribution in [0.5, 0.6) is 0 Å². The van der Waals surface area contributed by atoms with Gasteiger partial charge in [-0.2, -0.15) is 0 Å². The quantitative estimate of drug-likeness (QED) is 0.654. The van der Waals surface area contributed by atoms with Gasteiger partial charge in [0.05, 0.1) is 0 Å². The lowest BCUT2D eigenvalue weighted by atomic mass is 9.90. The zero-order valence-corrected chi connectivity index (χ0v) is 13.8. The molecule has 0 unspecified atom stereocenters. The van der Waals surface area contributed by atoms with Crippen LogP contribution in [0.4, 0.5) is 0 Å². The Morgan fingerprint density at radius 2 is 1.65 bits per heavy atom. The molecule has 0 heterocycles. The Morgan fingerprint density at radius 3 is 2.25 bits per heavy atom. The van der Waals surface area contributed by atoms with E-state index in [9.17, 15) is 4.79 Å². The summed E-state index contributed by atoms with van der Waals surface area (Å²) < 4.78 is 0. The number of amides is 1. The molecule has 3 heteroatoms.